The molecule has 1 unspecified atom stereocenters. The lowest BCUT2D eigenvalue weighted by Crippen LogP contribution is -2.19. The lowest BCUT2D eigenvalue weighted by Gasteiger charge is -2.13. The fourth-order valence-corrected chi connectivity index (χ4v) is 2.58. The van der Waals surface area contributed by atoms with E-state index in [2.05, 4.69) is 15.3 Å². The molecule has 1 N–H and O–H groups in total. The van der Waals surface area contributed by atoms with Crippen LogP contribution in [-0.4, -0.2) is 20.9 Å². The van der Waals surface area contributed by atoms with Crippen molar-refractivity contribution in [3.63, 3.8) is 0 Å². The van der Waals surface area contributed by atoms with Crippen molar-refractivity contribution in [3.05, 3.63) is 44.0 Å². The molecule has 0 aliphatic rings. The molecular weight excluding hydrogens is 288 g/mol. The van der Waals surface area contributed by atoms with Gasteiger partial charge in [0.05, 0.1) is 4.92 Å². The fraction of sp³-hybridized carbons (Fsp3) is 0.273. The molecule has 0 saturated carbocycles. The monoisotopic (exact) mass is 298 g/mol. The fourth-order valence-electron chi connectivity index (χ4n) is 1.61. The summed E-state index contributed by atoms with van der Waals surface area (Å²) < 4.78 is 0. The number of nitrogens with one attached hydrogen (secondary N) is 1. The number of nitro groups is 1. The summed E-state index contributed by atoms with van der Waals surface area (Å²) in [6.07, 6.45) is 1.87. The molecule has 0 aliphatic heterocycles. The predicted octanol–water partition coefficient (Wildman–Crippen LogP) is 3.14. The van der Waals surface area contributed by atoms with E-state index in [1.165, 1.54) is 4.88 Å². The maximum atomic E-state index is 10.9. The quantitative estimate of drug-likeness (QED) is 0.521. The van der Waals surface area contributed by atoms with Gasteiger partial charge in [-0.15, -0.1) is 11.3 Å². The molecule has 8 heteroatoms. The first kappa shape index (κ1) is 13.7. The van der Waals surface area contributed by atoms with Gasteiger partial charge in [-0.3, -0.25) is 10.1 Å². The SMILES string of the molecule is CC(Cc1cccs1)Nc1nc(Cl)ncc1[N+](=O)[O-]. The molecule has 0 bridgehead atoms. The van der Waals surface area contributed by atoms with Gasteiger partial charge in [0.15, 0.2) is 0 Å². The Balaban J connectivity index is 2.13. The number of halogens is 1. The summed E-state index contributed by atoms with van der Waals surface area (Å²) in [6.45, 7) is 1.93. The Morgan fingerprint density at radius 1 is 1.63 bits per heavy atom. The van der Waals surface area contributed by atoms with E-state index in [1.54, 1.807) is 11.3 Å². The number of anilines is 1. The second kappa shape index (κ2) is 5.94. The van der Waals surface area contributed by atoms with E-state index in [4.69, 9.17) is 11.6 Å². The topological polar surface area (TPSA) is 81.0 Å². The van der Waals surface area contributed by atoms with Gasteiger partial charge < -0.3 is 5.32 Å². The Labute approximate surface area is 118 Å². The van der Waals surface area contributed by atoms with Crippen molar-refractivity contribution in [2.24, 2.45) is 0 Å². The van der Waals surface area contributed by atoms with Gasteiger partial charge in [-0.25, -0.2) is 4.98 Å². The summed E-state index contributed by atoms with van der Waals surface area (Å²) in [7, 11) is 0. The molecule has 0 aliphatic carbocycles. The number of hydrogen-bond donors (Lipinski definition) is 1. The molecule has 0 aromatic carbocycles. The first-order valence-corrected chi connectivity index (χ1v) is 6.78. The number of aromatic nitrogens is 2. The molecule has 0 radical (unpaired) electrons. The number of hydrogen-bond acceptors (Lipinski definition) is 6. The maximum Gasteiger partial charge on any atom is 0.329 e. The Hall–Kier alpha value is -1.73. The van der Waals surface area contributed by atoms with Crippen LogP contribution < -0.4 is 5.32 Å². The average Bonchev–Trinajstić information content (AvgIpc) is 2.81. The normalized spacial score (nSPS) is 12.1. The zero-order valence-electron chi connectivity index (χ0n) is 10.0. The highest BCUT2D eigenvalue weighted by molar-refractivity contribution is 7.09. The highest BCUT2D eigenvalue weighted by Crippen LogP contribution is 2.23. The van der Waals surface area contributed by atoms with E-state index < -0.39 is 4.92 Å². The lowest BCUT2D eigenvalue weighted by atomic mass is 10.2. The number of nitrogens with zero attached hydrogens (tertiary/aromatic N) is 3. The van der Waals surface area contributed by atoms with Crippen LogP contribution >= 0.6 is 22.9 Å². The lowest BCUT2D eigenvalue weighted by molar-refractivity contribution is -0.384. The van der Waals surface area contributed by atoms with E-state index in [1.807, 2.05) is 24.4 Å². The Morgan fingerprint density at radius 2 is 2.42 bits per heavy atom. The molecule has 0 fully saturated rings. The average molecular weight is 299 g/mol. The van der Waals surface area contributed by atoms with Gasteiger partial charge in [-0.1, -0.05) is 6.07 Å². The van der Waals surface area contributed by atoms with Gasteiger partial charge in [0.2, 0.25) is 11.1 Å². The standard InChI is InChI=1S/C11H11ClN4O2S/c1-7(5-8-3-2-4-19-8)14-10-9(16(17)18)6-13-11(12)15-10/h2-4,6-7H,5H2,1H3,(H,13,14,15). The van der Waals surface area contributed by atoms with Crippen molar-refractivity contribution >= 4 is 34.4 Å². The Bertz CT molecular complexity index is 576. The minimum Gasteiger partial charge on any atom is -0.361 e. The van der Waals surface area contributed by atoms with Crippen LogP contribution in [0.5, 0.6) is 0 Å². The van der Waals surface area contributed by atoms with Crippen LogP contribution in [0.3, 0.4) is 0 Å². The zero-order valence-corrected chi connectivity index (χ0v) is 11.6. The Morgan fingerprint density at radius 3 is 3.05 bits per heavy atom. The van der Waals surface area contributed by atoms with Crippen molar-refractivity contribution in [1.82, 2.24) is 9.97 Å². The highest BCUT2D eigenvalue weighted by atomic mass is 35.5. The van der Waals surface area contributed by atoms with E-state index in [0.29, 0.717) is 0 Å². The van der Waals surface area contributed by atoms with Crippen molar-refractivity contribution in [2.75, 3.05) is 5.32 Å². The van der Waals surface area contributed by atoms with Gasteiger partial charge in [-0.05, 0) is 30.0 Å². The van der Waals surface area contributed by atoms with Crippen LogP contribution in [0.25, 0.3) is 0 Å². The Kier molecular flexibility index (Phi) is 4.28. The second-order valence-electron chi connectivity index (χ2n) is 3.96. The van der Waals surface area contributed by atoms with E-state index in [9.17, 15) is 10.1 Å². The molecule has 0 saturated heterocycles. The van der Waals surface area contributed by atoms with Gasteiger partial charge in [0.1, 0.15) is 6.20 Å². The largest absolute Gasteiger partial charge is 0.361 e. The zero-order chi connectivity index (χ0) is 13.8. The van der Waals surface area contributed by atoms with E-state index >= 15 is 0 Å². The molecular formula is C11H11ClN4O2S. The van der Waals surface area contributed by atoms with Crippen molar-refractivity contribution in [2.45, 2.75) is 19.4 Å². The number of thiophene rings is 1. The van der Waals surface area contributed by atoms with Crippen molar-refractivity contribution in [3.8, 4) is 0 Å². The molecule has 2 rings (SSSR count). The smallest absolute Gasteiger partial charge is 0.329 e. The summed E-state index contributed by atoms with van der Waals surface area (Å²) in [5, 5.41) is 15.9. The number of rotatable bonds is 5. The van der Waals surface area contributed by atoms with Gasteiger partial charge in [-0.2, -0.15) is 4.98 Å². The summed E-state index contributed by atoms with van der Waals surface area (Å²) >= 11 is 7.31. The van der Waals surface area contributed by atoms with Crippen LogP contribution in [0.15, 0.2) is 23.7 Å². The van der Waals surface area contributed by atoms with E-state index in [-0.39, 0.29) is 22.8 Å². The molecule has 2 heterocycles. The third-order valence-corrected chi connectivity index (χ3v) is 3.49. The first-order valence-electron chi connectivity index (χ1n) is 5.52. The summed E-state index contributed by atoms with van der Waals surface area (Å²) in [4.78, 5) is 19.0. The minimum absolute atomic E-state index is 0.00307. The van der Waals surface area contributed by atoms with Crippen molar-refractivity contribution in [1.29, 1.82) is 0 Å². The predicted molar refractivity (Wildman–Crippen MR) is 74.8 cm³/mol. The molecule has 0 amide bonds. The first-order chi connectivity index (χ1) is 9.06. The van der Waals surface area contributed by atoms with Gasteiger partial charge in [0.25, 0.3) is 0 Å². The van der Waals surface area contributed by atoms with Gasteiger partial charge >= 0.3 is 5.69 Å². The van der Waals surface area contributed by atoms with Crippen LogP contribution in [0, 0.1) is 10.1 Å². The summed E-state index contributed by atoms with van der Waals surface area (Å²) in [5.41, 5.74) is -0.178. The van der Waals surface area contributed by atoms with E-state index in [0.717, 1.165) is 12.6 Å². The molecule has 0 spiro atoms. The summed E-state index contributed by atoms with van der Waals surface area (Å²) in [6, 6.07) is 3.99. The van der Waals surface area contributed by atoms with Crippen LogP contribution in [0.2, 0.25) is 5.28 Å². The third-order valence-electron chi connectivity index (χ3n) is 2.41. The molecule has 2 aromatic heterocycles. The molecule has 100 valence electrons. The summed E-state index contributed by atoms with van der Waals surface area (Å²) in [5.74, 6) is 0.147. The van der Waals surface area contributed by atoms with Crippen LogP contribution in [0.1, 0.15) is 11.8 Å². The van der Waals surface area contributed by atoms with Crippen molar-refractivity contribution < 1.29 is 4.92 Å². The molecule has 6 nitrogen and oxygen atoms in total. The van der Waals surface area contributed by atoms with Crippen LogP contribution in [-0.2, 0) is 6.42 Å². The minimum atomic E-state index is -0.531. The third kappa shape index (κ3) is 3.62. The molecule has 1 atom stereocenters. The second-order valence-corrected chi connectivity index (χ2v) is 5.33. The maximum absolute atomic E-state index is 10.9. The molecule has 2 aromatic rings. The highest BCUT2D eigenvalue weighted by Gasteiger charge is 2.18. The molecule has 19 heavy (non-hydrogen) atoms. The van der Waals surface area contributed by atoms with Gasteiger partial charge in [0, 0.05) is 17.3 Å². The van der Waals surface area contributed by atoms with Crippen LogP contribution in [0.4, 0.5) is 11.5 Å².